The summed E-state index contributed by atoms with van der Waals surface area (Å²) in [6.45, 7) is 2.47. The molecule has 1 aromatic rings. The summed E-state index contributed by atoms with van der Waals surface area (Å²) < 4.78 is 37.7. The third-order valence-corrected chi connectivity index (χ3v) is 5.72. The molecule has 0 radical (unpaired) electrons. The number of carbonyl (C=O) groups is 1. The summed E-state index contributed by atoms with van der Waals surface area (Å²) in [5.74, 6) is -0.568. The van der Waals surface area contributed by atoms with Crippen molar-refractivity contribution in [3.05, 3.63) is 29.8 Å². The SMILES string of the molecule is COCC1(CNS(=O)(=O)c2cccc(C(=O)OC)c2)CCNCC1. The summed E-state index contributed by atoms with van der Waals surface area (Å²) in [4.78, 5) is 11.6. The number of hydrogen-bond acceptors (Lipinski definition) is 6. The van der Waals surface area contributed by atoms with Crippen molar-refractivity contribution in [3.63, 3.8) is 0 Å². The molecule has 0 saturated carbocycles. The van der Waals surface area contributed by atoms with Gasteiger partial charge in [-0.3, -0.25) is 0 Å². The first-order valence-corrected chi connectivity index (χ1v) is 9.28. The normalized spacial score (nSPS) is 17.4. The van der Waals surface area contributed by atoms with Gasteiger partial charge in [0.1, 0.15) is 0 Å². The van der Waals surface area contributed by atoms with Gasteiger partial charge in [0.25, 0.3) is 0 Å². The van der Waals surface area contributed by atoms with Crippen LogP contribution in [0.5, 0.6) is 0 Å². The van der Waals surface area contributed by atoms with Crippen LogP contribution >= 0.6 is 0 Å². The molecule has 1 saturated heterocycles. The number of carbonyl (C=O) groups excluding carboxylic acids is 1. The second-order valence-electron chi connectivity index (χ2n) is 6.03. The van der Waals surface area contributed by atoms with E-state index in [1.54, 1.807) is 7.11 Å². The molecule has 7 nitrogen and oxygen atoms in total. The number of benzene rings is 1. The topological polar surface area (TPSA) is 93.7 Å². The summed E-state index contributed by atoms with van der Waals surface area (Å²) >= 11 is 0. The van der Waals surface area contributed by atoms with Gasteiger partial charge in [-0.25, -0.2) is 17.9 Å². The molecule has 0 bridgehead atoms. The van der Waals surface area contributed by atoms with Crippen molar-refractivity contribution in [2.24, 2.45) is 5.41 Å². The Bertz CT molecular complexity index is 663. The predicted octanol–water partition coefficient (Wildman–Crippen LogP) is 0.768. The van der Waals surface area contributed by atoms with Gasteiger partial charge >= 0.3 is 5.97 Å². The van der Waals surface area contributed by atoms with E-state index in [0.29, 0.717) is 13.2 Å². The number of sulfonamides is 1. The van der Waals surface area contributed by atoms with E-state index in [9.17, 15) is 13.2 Å². The first kappa shape index (κ1) is 18.9. The fourth-order valence-corrected chi connectivity index (χ4v) is 4.08. The van der Waals surface area contributed by atoms with E-state index in [1.165, 1.54) is 31.4 Å². The quantitative estimate of drug-likeness (QED) is 0.701. The minimum absolute atomic E-state index is 0.0481. The standard InChI is InChI=1S/C16H24N2O5S/c1-22-12-16(6-8-17-9-7-16)11-18-24(20,21)14-5-3-4-13(10-14)15(19)23-2/h3-5,10,17-18H,6-9,11-12H2,1-2H3. The van der Waals surface area contributed by atoms with Gasteiger partial charge in [0.2, 0.25) is 10.0 Å². The Kier molecular flexibility index (Phi) is 6.34. The van der Waals surface area contributed by atoms with Gasteiger partial charge < -0.3 is 14.8 Å². The molecule has 1 aromatic carbocycles. The van der Waals surface area contributed by atoms with Crippen molar-refractivity contribution in [1.82, 2.24) is 10.0 Å². The van der Waals surface area contributed by atoms with Crippen molar-refractivity contribution < 1.29 is 22.7 Å². The first-order valence-electron chi connectivity index (χ1n) is 7.80. The molecule has 0 spiro atoms. The average molecular weight is 356 g/mol. The van der Waals surface area contributed by atoms with Crippen LogP contribution in [-0.2, 0) is 19.5 Å². The van der Waals surface area contributed by atoms with Crippen molar-refractivity contribution in [2.75, 3.05) is 40.5 Å². The molecule has 0 unspecified atom stereocenters. The Morgan fingerprint density at radius 3 is 2.62 bits per heavy atom. The van der Waals surface area contributed by atoms with E-state index in [2.05, 4.69) is 14.8 Å². The van der Waals surface area contributed by atoms with E-state index in [0.717, 1.165) is 25.9 Å². The minimum Gasteiger partial charge on any atom is -0.465 e. The monoisotopic (exact) mass is 356 g/mol. The Balaban J connectivity index is 2.14. The Labute approximate surface area is 142 Å². The molecule has 1 aliphatic rings. The van der Waals surface area contributed by atoms with Gasteiger partial charge in [-0.05, 0) is 44.1 Å². The fraction of sp³-hybridized carbons (Fsp3) is 0.562. The molecular weight excluding hydrogens is 332 g/mol. The lowest BCUT2D eigenvalue weighted by Crippen LogP contribution is -2.47. The summed E-state index contributed by atoms with van der Waals surface area (Å²) in [7, 11) is -0.834. The summed E-state index contributed by atoms with van der Waals surface area (Å²) in [5, 5.41) is 3.27. The van der Waals surface area contributed by atoms with Gasteiger partial charge in [0.15, 0.2) is 0 Å². The molecule has 0 amide bonds. The number of piperidine rings is 1. The van der Waals surface area contributed by atoms with Crippen molar-refractivity contribution in [1.29, 1.82) is 0 Å². The minimum atomic E-state index is -3.71. The van der Waals surface area contributed by atoms with Crippen LogP contribution in [0, 0.1) is 5.41 Å². The largest absolute Gasteiger partial charge is 0.465 e. The van der Waals surface area contributed by atoms with Crippen molar-refractivity contribution in [2.45, 2.75) is 17.7 Å². The number of nitrogens with one attached hydrogen (secondary N) is 2. The van der Waals surface area contributed by atoms with Crippen LogP contribution in [0.25, 0.3) is 0 Å². The lowest BCUT2D eigenvalue weighted by atomic mass is 9.80. The highest BCUT2D eigenvalue weighted by atomic mass is 32.2. The molecule has 24 heavy (non-hydrogen) atoms. The average Bonchev–Trinajstić information content (AvgIpc) is 2.61. The highest BCUT2D eigenvalue weighted by Gasteiger charge is 2.33. The van der Waals surface area contributed by atoms with E-state index in [-0.39, 0.29) is 15.9 Å². The van der Waals surface area contributed by atoms with Crippen LogP contribution in [0.2, 0.25) is 0 Å². The Morgan fingerprint density at radius 1 is 1.29 bits per heavy atom. The smallest absolute Gasteiger partial charge is 0.337 e. The summed E-state index contributed by atoms with van der Waals surface area (Å²) in [6, 6.07) is 5.82. The van der Waals surface area contributed by atoms with Gasteiger partial charge in [0, 0.05) is 19.1 Å². The van der Waals surface area contributed by atoms with Crippen LogP contribution < -0.4 is 10.0 Å². The van der Waals surface area contributed by atoms with Gasteiger partial charge in [-0.2, -0.15) is 0 Å². The number of hydrogen-bond donors (Lipinski definition) is 2. The maximum Gasteiger partial charge on any atom is 0.337 e. The van der Waals surface area contributed by atoms with Crippen LogP contribution in [0.3, 0.4) is 0 Å². The first-order chi connectivity index (χ1) is 11.4. The number of ether oxygens (including phenoxy) is 2. The zero-order valence-corrected chi connectivity index (χ0v) is 14.8. The maximum atomic E-state index is 12.6. The molecule has 1 heterocycles. The van der Waals surface area contributed by atoms with E-state index in [4.69, 9.17) is 4.74 Å². The van der Waals surface area contributed by atoms with Crippen LogP contribution in [0.1, 0.15) is 23.2 Å². The van der Waals surface area contributed by atoms with Crippen molar-refractivity contribution in [3.8, 4) is 0 Å². The molecule has 1 aliphatic heterocycles. The number of rotatable bonds is 7. The van der Waals surface area contributed by atoms with Crippen molar-refractivity contribution >= 4 is 16.0 Å². The highest BCUT2D eigenvalue weighted by molar-refractivity contribution is 7.89. The summed E-state index contributed by atoms with van der Waals surface area (Å²) in [6.07, 6.45) is 1.68. The zero-order chi connectivity index (χ0) is 17.6. The summed E-state index contributed by atoms with van der Waals surface area (Å²) in [5.41, 5.74) is -0.0126. The molecule has 134 valence electrons. The molecule has 2 N–H and O–H groups in total. The third kappa shape index (κ3) is 4.54. The van der Waals surface area contributed by atoms with Crippen LogP contribution in [-0.4, -0.2) is 54.8 Å². The second kappa shape index (κ2) is 8.06. The highest BCUT2D eigenvalue weighted by Crippen LogP contribution is 2.29. The molecule has 2 rings (SSSR count). The van der Waals surface area contributed by atoms with Gasteiger partial charge in [-0.15, -0.1) is 0 Å². The van der Waals surface area contributed by atoms with E-state index in [1.807, 2.05) is 0 Å². The third-order valence-electron chi connectivity index (χ3n) is 4.32. The molecule has 1 fully saturated rings. The molecule has 0 aliphatic carbocycles. The predicted molar refractivity (Wildman–Crippen MR) is 89.4 cm³/mol. The van der Waals surface area contributed by atoms with Gasteiger partial charge in [0.05, 0.1) is 24.2 Å². The Morgan fingerprint density at radius 2 is 2.00 bits per heavy atom. The fourth-order valence-electron chi connectivity index (χ4n) is 2.87. The molecule has 8 heteroatoms. The lowest BCUT2D eigenvalue weighted by molar-refractivity contribution is 0.0577. The zero-order valence-electron chi connectivity index (χ0n) is 14.0. The van der Waals surface area contributed by atoms with E-state index < -0.39 is 16.0 Å². The number of methoxy groups -OCH3 is 2. The van der Waals surface area contributed by atoms with Crippen LogP contribution in [0.15, 0.2) is 29.2 Å². The maximum absolute atomic E-state index is 12.6. The van der Waals surface area contributed by atoms with Crippen LogP contribution in [0.4, 0.5) is 0 Å². The molecular formula is C16H24N2O5S. The Hall–Kier alpha value is -1.48. The molecule has 0 aromatic heterocycles. The van der Waals surface area contributed by atoms with E-state index >= 15 is 0 Å². The second-order valence-corrected chi connectivity index (χ2v) is 7.79. The lowest BCUT2D eigenvalue weighted by Gasteiger charge is -2.37. The molecule has 0 atom stereocenters. The number of esters is 1. The van der Waals surface area contributed by atoms with Gasteiger partial charge in [-0.1, -0.05) is 6.07 Å².